The van der Waals surface area contributed by atoms with E-state index in [0.717, 1.165) is 22.3 Å². The summed E-state index contributed by atoms with van der Waals surface area (Å²) in [5, 5.41) is 0.736. The quantitative estimate of drug-likeness (QED) is 0.772. The summed E-state index contributed by atoms with van der Waals surface area (Å²) >= 11 is 3.36. The van der Waals surface area contributed by atoms with Gasteiger partial charge in [-0.25, -0.2) is 9.97 Å². The van der Waals surface area contributed by atoms with Gasteiger partial charge in [-0.3, -0.25) is 0 Å². The molecule has 0 atom stereocenters. The van der Waals surface area contributed by atoms with Gasteiger partial charge in [0.2, 0.25) is 0 Å². The van der Waals surface area contributed by atoms with E-state index in [2.05, 4.69) is 25.9 Å². The molecule has 14 heavy (non-hydrogen) atoms. The molecule has 72 valence electrons. The molecule has 0 saturated heterocycles. The van der Waals surface area contributed by atoms with Gasteiger partial charge in [-0.1, -0.05) is 15.9 Å². The Morgan fingerprint density at radius 3 is 2.93 bits per heavy atom. The monoisotopic (exact) mass is 252 g/mol. The number of hydrogen-bond acceptors (Lipinski definition) is 3. The van der Waals surface area contributed by atoms with E-state index in [0.29, 0.717) is 5.82 Å². The summed E-state index contributed by atoms with van der Waals surface area (Å²) in [5.41, 5.74) is 1.92. The fourth-order valence-electron chi connectivity index (χ4n) is 1.22. The van der Waals surface area contributed by atoms with Crippen LogP contribution in [0.1, 0.15) is 11.5 Å². The van der Waals surface area contributed by atoms with Gasteiger partial charge in [0.1, 0.15) is 5.76 Å². The molecular formula is C10H9BrN2O. The average Bonchev–Trinajstić information content (AvgIpc) is 2.65. The Bertz CT molecular complexity index is 439. The van der Waals surface area contributed by atoms with Gasteiger partial charge in [-0.15, -0.1) is 0 Å². The van der Waals surface area contributed by atoms with Crippen LogP contribution in [0.2, 0.25) is 0 Å². The molecule has 0 aliphatic carbocycles. The molecule has 0 bridgehead atoms. The van der Waals surface area contributed by atoms with Crippen molar-refractivity contribution in [2.75, 3.05) is 0 Å². The van der Waals surface area contributed by atoms with Crippen LogP contribution in [-0.4, -0.2) is 9.97 Å². The van der Waals surface area contributed by atoms with E-state index in [1.807, 2.05) is 19.1 Å². The third-order valence-corrected chi connectivity index (χ3v) is 2.52. The second kappa shape index (κ2) is 3.92. The third-order valence-electron chi connectivity index (χ3n) is 1.95. The molecule has 0 N–H and O–H groups in total. The van der Waals surface area contributed by atoms with E-state index in [-0.39, 0.29) is 0 Å². The Hall–Kier alpha value is -1.16. The minimum atomic E-state index is 0.716. The lowest BCUT2D eigenvalue weighted by Gasteiger charge is -1.99. The van der Waals surface area contributed by atoms with Crippen LogP contribution in [0.3, 0.4) is 0 Å². The molecule has 4 heteroatoms. The van der Waals surface area contributed by atoms with Gasteiger partial charge in [-0.05, 0) is 19.1 Å². The van der Waals surface area contributed by atoms with E-state index in [1.54, 1.807) is 12.5 Å². The molecule has 2 aromatic heterocycles. The van der Waals surface area contributed by atoms with Crippen molar-refractivity contribution in [1.29, 1.82) is 0 Å². The molecule has 0 aromatic carbocycles. The molecule has 0 fully saturated rings. The molecule has 0 unspecified atom stereocenters. The van der Waals surface area contributed by atoms with E-state index in [1.165, 1.54) is 0 Å². The van der Waals surface area contributed by atoms with Crippen LogP contribution in [0.4, 0.5) is 0 Å². The Balaban J connectivity index is 2.47. The number of nitrogens with zero attached hydrogens (tertiary/aromatic N) is 2. The highest BCUT2D eigenvalue weighted by Gasteiger charge is 2.07. The molecule has 0 spiro atoms. The van der Waals surface area contributed by atoms with Crippen molar-refractivity contribution < 1.29 is 4.42 Å². The number of halogens is 1. The highest BCUT2D eigenvalue weighted by molar-refractivity contribution is 9.08. The van der Waals surface area contributed by atoms with E-state index in [9.17, 15) is 0 Å². The number of aryl methyl sites for hydroxylation is 1. The van der Waals surface area contributed by atoms with Crippen molar-refractivity contribution in [3.05, 3.63) is 36.0 Å². The van der Waals surface area contributed by atoms with Crippen molar-refractivity contribution in [3.8, 4) is 11.4 Å². The number of rotatable bonds is 2. The zero-order chi connectivity index (χ0) is 9.97. The first-order valence-corrected chi connectivity index (χ1v) is 5.36. The second-order valence-electron chi connectivity index (χ2n) is 2.90. The summed E-state index contributed by atoms with van der Waals surface area (Å²) in [7, 11) is 0. The standard InChI is InChI=1S/C10H9BrN2O/c1-7-9(3-5-14-7)10-12-4-2-8(6-11)13-10/h2-5H,6H2,1H3. The highest BCUT2D eigenvalue weighted by Crippen LogP contribution is 2.20. The van der Waals surface area contributed by atoms with E-state index in [4.69, 9.17) is 4.42 Å². The Morgan fingerprint density at radius 1 is 1.43 bits per heavy atom. The van der Waals surface area contributed by atoms with Crippen LogP contribution < -0.4 is 0 Å². The summed E-state index contributed by atoms with van der Waals surface area (Å²) in [6.45, 7) is 1.90. The molecular weight excluding hydrogens is 244 g/mol. The molecule has 0 amide bonds. The summed E-state index contributed by atoms with van der Waals surface area (Å²) in [5.74, 6) is 1.56. The number of hydrogen-bond donors (Lipinski definition) is 0. The van der Waals surface area contributed by atoms with E-state index < -0.39 is 0 Å². The molecule has 0 radical (unpaired) electrons. The number of alkyl halides is 1. The van der Waals surface area contributed by atoms with Gasteiger partial charge < -0.3 is 4.42 Å². The molecule has 0 aliphatic heterocycles. The highest BCUT2D eigenvalue weighted by atomic mass is 79.9. The Kier molecular flexibility index (Phi) is 2.63. The van der Waals surface area contributed by atoms with Gasteiger partial charge >= 0.3 is 0 Å². The van der Waals surface area contributed by atoms with Gasteiger partial charge in [0.15, 0.2) is 5.82 Å². The zero-order valence-corrected chi connectivity index (χ0v) is 9.28. The Morgan fingerprint density at radius 2 is 2.29 bits per heavy atom. The molecule has 2 rings (SSSR count). The molecule has 0 saturated carbocycles. The molecule has 3 nitrogen and oxygen atoms in total. The van der Waals surface area contributed by atoms with Crippen LogP contribution in [0, 0.1) is 6.92 Å². The maximum atomic E-state index is 5.20. The van der Waals surface area contributed by atoms with Crippen LogP contribution in [-0.2, 0) is 5.33 Å². The summed E-state index contributed by atoms with van der Waals surface area (Å²) in [6, 6.07) is 3.76. The minimum Gasteiger partial charge on any atom is -0.469 e. The first-order chi connectivity index (χ1) is 6.81. The number of furan rings is 1. The first-order valence-electron chi connectivity index (χ1n) is 4.23. The lowest BCUT2D eigenvalue weighted by molar-refractivity contribution is 0.535. The minimum absolute atomic E-state index is 0.716. The molecule has 2 heterocycles. The summed E-state index contributed by atoms with van der Waals surface area (Å²) < 4.78 is 5.20. The predicted molar refractivity (Wildman–Crippen MR) is 57.1 cm³/mol. The van der Waals surface area contributed by atoms with Crippen LogP contribution in [0.5, 0.6) is 0 Å². The smallest absolute Gasteiger partial charge is 0.162 e. The summed E-state index contributed by atoms with van der Waals surface area (Å²) in [4.78, 5) is 8.58. The lowest BCUT2D eigenvalue weighted by atomic mass is 10.2. The van der Waals surface area contributed by atoms with E-state index >= 15 is 0 Å². The van der Waals surface area contributed by atoms with Crippen molar-refractivity contribution >= 4 is 15.9 Å². The Labute approximate surface area is 90.3 Å². The predicted octanol–water partition coefficient (Wildman–Crippen LogP) is 2.94. The maximum absolute atomic E-state index is 5.20. The van der Waals surface area contributed by atoms with Gasteiger partial charge in [0.05, 0.1) is 17.5 Å². The van der Waals surface area contributed by atoms with Crippen LogP contribution in [0.15, 0.2) is 29.0 Å². The number of aromatic nitrogens is 2. The van der Waals surface area contributed by atoms with Crippen molar-refractivity contribution in [2.45, 2.75) is 12.3 Å². The van der Waals surface area contributed by atoms with Crippen LogP contribution >= 0.6 is 15.9 Å². The van der Waals surface area contributed by atoms with Gasteiger partial charge in [-0.2, -0.15) is 0 Å². The lowest BCUT2D eigenvalue weighted by Crippen LogP contribution is -1.92. The zero-order valence-electron chi connectivity index (χ0n) is 7.70. The van der Waals surface area contributed by atoms with Crippen molar-refractivity contribution in [2.24, 2.45) is 0 Å². The first kappa shape index (κ1) is 9.40. The largest absolute Gasteiger partial charge is 0.469 e. The van der Waals surface area contributed by atoms with Gasteiger partial charge in [0, 0.05) is 11.5 Å². The van der Waals surface area contributed by atoms with Crippen molar-refractivity contribution in [3.63, 3.8) is 0 Å². The molecule has 2 aromatic rings. The fourth-order valence-corrected chi connectivity index (χ4v) is 1.53. The topological polar surface area (TPSA) is 38.9 Å². The van der Waals surface area contributed by atoms with Gasteiger partial charge in [0.25, 0.3) is 0 Å². The maximum Gasteiger partial charge on any atom is 0.162 e. The SMILES string of the molecule is Cc1occc1-c1nccc(CBr)n1. The molecule has 0 aliphatic rings. The fraction of sp³-hybridized carbons (Fsp3) is 0.200. The normalized spacial score (nSPS) is 10.4. The second-order valence-corrected chi connectivity index (χ2v) is 3.46. The third kappa shape index (κ3) is 1.70. The van der Waals surface area contributed by atoms with Crippen LogP contribution in [0.25, 0.3) is 11.4 Å². The average molecular weight is 253 g/mol. The van der Waals surface area contributed by atoms with Crippen molar-refractivity contribution in [1.82, 2.24) is 9.97 Å². The summed E-state index contributed by atoms with van der Waals surface area (Å²) in [6.07, 6.45) is 3.40.